The third-order valence-corrected chi connectivity index (χ3v) is 5.45. The molecular weight excluding hydrogens is 352 g/mol. The zero-order valence-electron chi connectivity index (χ0n) is 17.4. The van der Waals surface area contributed by atoms with Crippen molar-refractivity contribution in [2.24, 2.45) is 18.0 Å². The average Bonchev–Trinajstić information content (AvgIpc) is 3.02. The van der Waals surface area contributed by atoms with Gasteiger partial charge in [0.05, 0.1) is 20.2 Å². The molecular formula is C21H32N6O. The number of aliphatic imine (C=N–C) groups is 1. The van der Waals surface area contributed by atoms with Crippen LogP contribution in [0.25, 0.3) is 0 Å². The maximum Gasteiger partial charge on any atom is 0.192 e. The zero-order valence-corrected chi connectivity index (χ0v) is 17.4. The molecule has 7 nitrogen and oxygen atoms in total. The number of benzene rings is 1. The number of hydrogen-bond acceptors (Lipinski definition) is 4. The monoisotopic (exact) mass is 384 g/mol. The highest BCUT2D eigenvalue weighted by molar-refractivity contribution is 5.80. The van der Waals surface area contributed by atoms with Crippen molar-refractivity contribution in [3.63, 3.8) is 0 Å². The highest BCUT2D eigenvalue weighted by Crippen LogP contribution is 2.23. The van der Waals surface area contributed by atoms with Crippen LogP contribution in [0.5, 0.6) is 5.75 Å². The van der Waals surface area contributed by atoms with Gasteiger partial charge in [-0.2, -0.15) is 0 Å². The van der Waals surface area contributed by atoms with Crippen molar-refractivity contribution < 1.29 is 4.74 Å². The number of ether oxygens (including phenoxy) is 1. The summed E-state index contributed by atoms with van der Waals surface area (Å²) in [4.78, 5) is 4.82. The largest absolute Gasteiger partial charge is 0.497 e. The lowest BCUT2D eigenvalue weighted by Crippen LogP contribution is -2.45. The van der Waals surface area contributed by atoms with E-state index < -0.39 is 0 Å². The highest BCUT2D eigenvalue weighted by Gasteiger charge is 2.20. The maximum atomic E-state index is 5.23. The molecule has 2 aromatic rings. The summed E-state index contributed by atoms with van der Waals surface area (Å²) in [5.74, 6) is 4.25. The van der Waals surface area contributed by atoms with Gasteiger partial charge in [0.25, 0.3) is 0 Å². The Kier molecular flexibility index (Phi) is 6.90. The van der Waals surface area contributed by atoms with Crippen molar-refractivity contribution in [2.45, 2.75) is 58.7 Å². The molecule has 7 heteroatoms. The van der Waals surface area contributed by atoms with E-state index in [1.807, 2.05) is 30.7 Å². The summed E-state index contributed by atoms with van der Waals surface area (Å²) >= 11 is 0. The first-order valence-electron chi connectivity index (χ1n) is 10.1. The van der Waals surface area contributed by atoms with Gasteiger partial charge in [-0.25, -0.2) is 4.99 Å². The van der Waals surface area contributed by atoms with Crippen LogP contribution in [-0.4, -0.2) is 33.9 Å². The Morgan fingerprint density at radius 2 is 2.04 bits per heavy atom. The fraction of sp³-hybridized carbons (Fsp3) is 0.571. The van der Waals surface area contributed by atoms with Gasteiger partial charge in [-0.15, -0.1) is 10.2 Å². The maximum absolute atomic E-state index is 5.23. The van der Waals surface area contributed by atoms with Crippen LogP contribution in [0.2, 0.25) is 0 Å². The van der Waals surface area contributed by atoms with E-state index in [0.29, 0.717) is 19.1 Å². The predicted molar refractivity (Wildman–Crippen MR) is 111 cm³/mol. The lowest BCUT2D eigenvalue weighted by atomic mass is 9.87. The van der Waals surface area contributed by atoms with Crippen molar-refractivity contribution in [3.8, 4) is 5.75 Å². The summed E-state index contributed by atoms with van der Waals surface area (Å²) in [7, 11) is 3.66. The zero-order chi connectivity index (χ0) is 19.9. The molecule has 0 amide bonds. The van der Waals surface area contributed by atoms with Crippen LogP contribution >= 0.6 is 0 Å². The normalized spacial score (nSPS) is 20.1. The van der Waals surface area contributed by atoms with Crippen LogP contribution in [0.1, 0.15) is 49.8 Å². The van der Waals surface area contributed by atoms with E-state index in [1.54, 1.807) is 7.11 Å². The van der Waals surface area contributed by atoms with Gasteiger partial charge >= 0.3 is 0 Å². The number of nitrogens with one attached hydrogen (secondary N) is 2. The summed E-state index contributed by atoms with van der Waals surface area (Å²) in [6.45, 7) is 5.49. The van der Waals surface area contributed by atoms with Crippen LogP contribution in [0, 0.1) is 12.8 Å². The van der Waals surface area contributed by atoms with Gasteiger partial charge in [0, 0.05) is 13.1 Å². The van der Waals surface area contributed by atoms with Gasteiger partial charge in [0.2, 0.25) is 0 Å². The number of aromatic nitrogens is 3. The minimum atomic E-state index is 0.465. The van der Waals surface area contributed by atoms with Gasteiger partial charge in [-0.1, -0.05) is 31.9 Å². The molecule has 0 radical (unpaired) electrons. The van der Waals surface area contributed by atoms with Crippen LogP contribution in [0.3, 0.4) is 0 Å². The Balaban J connectivity index is 1.67. The van der Waals surface area contributed by atoms with Crippen LogP contribution in [0.4, 0.5) is 0 Å². The minimum absolute atomic E-state index is 0.465. The van der Waals surface area contributed by atoms with E-state index in [1.165, 1.54) is 25.7 Å². The molecule has 3 rings (SSSR count). The van der Waals surface area contributed by atoms with E-state index in [9.17, 15) is 0 Å². The van der Waals surface area contributed by atoms with Crippen molar-refractivity contribution in [3.05, 3.63) is 41.5 Å². The molecule has 2 N–H and O–H groups in total. The minimum Gasteiger partial charge on any atom is -0.497 e. The number of guanidine groups is 1. The molecule has 1 fully saturated rings. The lowest BCUT2D eigenvalue weighted by molar-refractivity contribution is 0.324. The average molecular weight is 385 g/mol. The topological polar surface area (TPSA) is 76.4 Å². The summed E-state index contributed by atoms with van der Waals surface area (Å²) < 4.78 is 7.23. The van der Waals surface area contributed by atoms with Gasteiger partial charge in [-0.05, 0) is 43.4 Å². The molecule has 0 saturated heterocycles. The number of nitrogens with zero attached hydrogens (tertiary/aromatic N) is 4. The van der Waals surface area contributed by atoms with Gasteiger partial charge in [0.15, 0.2) is 11.8 Å². The smallest absolute Gasteiger partial charge is 0.192 e. The molecule has 1 aromatic carbocycles. The van der Waals surface area contributed by atoms with Crippen molar-refractivity contribution in [1.29, 1.82) is 0 Å². The van der Waals surface area contributed by atoms with E-state index in [0.717, 1.165) is 34.8 Å². The lowest BCUT2D eigenvalue weighted by Gasteiger charge is -2.29. The fourth-order valence-corrected chi connectivity index (χ4v) is 3.58. The molecule has 0 spiro atoms. The summed E-state index contributed by atoms with van der Waals surface area (Å²) in [6.07, 6.45) is 4.97. The highest BCUT2D eigenvalue weighted by atomic mass is 16.5. The quantitative estimate of drug-likeness (QED) is 0.592. The SMILES string of the molecule is COc1ccc(CN=C(NCc2nnc(C)n2C)NC2CCCC(C)C2)cc1. The molecule has 0 bridgehead atoms. The van der Waals surface area contributed by atoms with Gasteiger partial charge in [-0.3, -0.25) is 0 Å². The van der Waals surface area contributed by atoms with E-state index in [4.69, 9.17) is 9.73 Å². The van der Waals surface area contributed by atoms with Crippen LogP contribution < -0.4 is 15.4 Å². The van der Waals surface area contributed by atoms with E-state index >= 15 is 0 Å². The number of hydrogen-bond donors (Lipinski definition) is 2. The molecule has 2 unspecified atom stereocenters. The Bertz CT molecular complexity index is 783. The standard InChI is InChI=1S/C21H32N6O/c1-15-6-5-7-18(12-15)24-21(23-14-20-26-25-16(2)27(20)3)22-13-17-8-10-19(28-4)11-9-17/h8-11,15,18H,5-7,12-14H2,1-4H3,(H2,22,23,24). The molecule has 152 valence electrons. The molecule has 1 aliphatic carbocycles. The Morgan fingerprint density at radius 3 is 2.68 bits per heavy atom. The summed E-state index contributed by atoms with van der Waals surface area (Å²) in [5.41, 5.74) is 1.15. The molecule has 1 heterocycles. The first-order valence-corrected chi connectivity index (χ1v) is 10.1. The predicted octanol–water partition coefficient (Wildman–Crippen LogP) is 2.95. The second kappa shape index (κ2) is 9.57. The van der Waals surface area contributed by atoms with Crippen molar-refractivity contribution >= 4 is 5.96 Å². The molecule has 1 aliphatic rings. The molecule has 0 aliphatic heterocycles. The number of rotatable bonds is 6. The molecule has 1 aromatic heterocycles. The van der Waals surface area contributed by atoms with Crippen LogP contribution in [0.15, 0.2) is 29.3 Å². The second-order valence-electron chi connectivity index (χ2n) is 7.70. The van der Waals surface area contributed by atoms with Gasteiger partial charge < -0.3 is 19.9 Å². The molecule has 28 heavy (non-hydrogen) atoms. The Morgan fingerprint density at radius 1 is 1.25 bits per heavy atom. The third-order valence-electron chi connectivity index (χ3n) is 5.45. The summed E-state index contributed by atoms with van der Waals surface area (Å²) in [5, 5.41) is 15.4. The second-order valence-corrected chi connectivity index (χ2v) is 7.70. The molecule has 1 saturated carbocycles. The summed E-state index contributed by atoms with van der Waals surface area (Å²) in [6, 6.07) is 8.50. The first-order chi connectivity index (χ1) is 13.5. The van der Waals surface area contributed by atoms with Crippen LogP contribution in [-0.2, 0) is 20.1 Å². The van der Waals surface area contributed by atoms with Gasteiger partial charge in [0.1, 0.15) is 11.6 Å². The Hall–Kier alpha value is -2.57. The van der Waals surface area contributed by atoms with E-state index in [-0.39, 0.29) is 0 Å². The van der Waals surface area contributed by atoms with E-state index in [2.05, 4.69) is 39.9 Å². The molecule has 2 atom stereocenters. The first kappa shape index (κ1) is 20.2. The third kappa shape index (κ3) is 5.47. The number of aryl methyl sites for hydroxylation is 1. The fourth-order valence-electron chi connectivity index (χ4n) is 3.58. The number of methoxy groups -OCH3 is 1. The van der Waals surface area contributed by atoms with Crippen molar-refractivity contribution in [1.82, 2.24) is 25.4 Å². The Labute approximate surface area is 167 Å². The van der Waals surface area contributed by atoms with Crippen molar-refractivity contribution in [2.75, 3.05) is 7.11 Å².